The fraction of sp³-hybridized carbons (Fsp3) is 0.538. The highest BCUT2D eigenvalue weighted by Crippen LogP contribution is 2.31. The smallest absolute Gasteiger partial charge is 0.311 e. The average Bonchev–Trinajstić information content (AvgIpc) is 2.28. The Morgan fingerprint density at radius 2 is 2.11 bits per heavy atom. The lowest BCUT2D eigenvalue weighted by molar-refractivity contribution is -0.385. The fourth-order valence-electron chi connectivity index (χ4n) is 1.80. The van der Waals surface area contributed by atoms with E-state index in [1.165, 1.54) is 6.07 Å². The SMILES string of the molecule is CCOc1cc(NC(C)(C)COC)ccc1[N+](=O)[O-]. The number of nitrogens with zero attached hydrogens (tertiary/aromatic N) is 1. The molecular weight excluding hydrogens is 248 g/mol. The number of nitro benzene ring substituents is 1. The summed E-state index contributed by atoms with van der Waals surface area (Å²) in [6, 6.07) is 4.74. The molecule has 0 fully saturated rings. The maximum atomic E-state index is 10.9. The van der Waals surface area contributed by atoms with Crippen molar-refractivity contribution in [1.29, 1.82) is 0 Å². The molecule has 1 rings (SSSR count). The number of hydrogen-bond acceptors (Lipinski definition) is 5. The molecule has 0 spiro atoms. The van der Waals surface area contributed by atoms with Crippen LogP contribution in [0, 0.1) is 10.1 Å². The summed E-state index contributed by atoms with van der Waals surface area (Å²) in [4.78, 5) is 10.4. The fourth-order valence-corrected chi connectivity index (χ4v) is 1.80. The first-order valence-corrected chi connectivity index (χ1v) is 6.08. The first kappa shape index (κ1) is 15.2. The second-order valence-electron chi connectivity index (χ2n) is 4.81. The van der Waals surface area contributed by atoms with Crippen molar-refractivity contribution in [3.8, 4) is 5.75 Å². The molecule has 0 saturated carbocycles. The van der Waals surface area contributed by atoms with Crippen LogP contribution in [0.25, 0.3) is 0 Å². The number of ether oxygens (including phenoxy) is 2. The molecule has 0 radical (unpaired) electrons. The third-order valence-corrected chi connectivity index (χ3v) is 2.44. The van der Waals surface area contributed by atoms with Crippen LogP contribution in [0.5, 0.6) is 5.75 Å². The second kappa shape index (κ2) is 6.38. The molecule has 0 bridgehead atoms. The second-order valence-corrected chi connectivity index (χ2v) is 4.81. The molecule has 0 amide bonds. The summed E-state index contributed by atoms with van der Waals surface area (Å²) in [6.45, 7) is 6.66. The van der Waals surface area contributed by atoms with E-state index in [2.05, 4.69) is 5.32 Å². The van der Waals surface area contributed by atoms with Crippen molar-refractivity contribution in [3.05, 3.63) is 28.3 Å². The molecule has 0 aliphatic heterocycles. The van der Waals surface area contributed by atoms with Crippen molar-refractivity contribution in [3.63, 3.8) is 0 Å². The van der Waals surface area contributed by atoms with E-state index in [0.29, 0.717) is 13.2 Å². The molecule has 0 heterocycles. The molecule has 0 aliphatic carbocycles. The van der Waals surface area contributed by atoms with E-state index in [1.807, 2.05) is 13.8 Å². The molecular formula is C13H20N2O4. The molecule has 106 valence electrons. The zero-order valence-corrected chi connectivity index (χ0v) is 11.7. The van der Waals surface area contributed by atoms with Gasteiger partial charge >= 0.3 is 5.69 Å². The van der Waals surface area contributed by atoms with E-state index < -0.39 is 4.92 Å². The highest BCUT2D eigenvalue weighted by atomic mass is 16.6. The van der Waals surface area contributed by atoms with Gasteiger partial charge in [-0.3, -0.25) is 10.1 Å². The van der Waals surface area contributed by atoms with Gasteiger partial charge in [0.1, 0.15) is 0 Å². The predicted octanol–water partition coefficient (Wildman–Crippen LogP) is 2.83. The highest BCUT2D eigenvalue weighted by molar-refractivity contribution is 5.58. The van der Waals surface area contributed by atoms with Gasteiger partial charge < -0.3 is 14.8 Å². The van der Waals surface area contributed by atoms with Crippen LogP contribution in [0.2, 0.25) is 0 Å². The Kier molecular flexibility index (Phi) is 5.11. The van der Waals surface area contributed by atoms with E-state index in [9.17, 15) is 10.1 Å². The molecule has 0 unspecified atom stereocenters. The van der Waals surface area contributed by atoms with Gasteiger partial charge in [-0.15, -0.1) is 0 Å². The minimum absolute atomic E-state index is 0.0306. The molecule has 6 nitrogen and oxygen atoms in total. The quantitative estimate of drug-likeness (QED) is 0.608. The van der Waals surface area contributed by atoms with Gasteiger partial charge in [-0.1, -0.05) is 0 Å². The van der Waals surface area contributed by atoms with Gasteiger partial charge in [-0.05, 0) is 26.8 Å². The van der Waals surface area contributed by atoms with Crippen LogP contribution in [0.15, 0.2) is 18.2 Å². The van der Waals surface area contributed by atoms with Crippen LogP contribution in [0.4, 0.5) is 11.4 Å². The molecule has 19 heavy (non-hydrogen) atoms. The van der Waals surface area contributed by atoms with Gasteiger partial charge in [0, 0.05) is 24.9 Å². The summed E-state index contributed by atoms with van der Waals surface area (Å²) in [5.74, 6) is 0.269. The maximum Gasteiger partial charge on any atom is 0.311 e. The maximum absolute atomic E-state index is 10.9. The number of hydrogen-bond donors (Lipinski definition) is 1. The molecule has 0 aliphatic rings. The summed E-state index contributed by atoms with van der Waals surface area (Å²) in [5, 5.41) is 14.1. The number of anilines is 1. The van der Waals surface area contributed by atoms with Crippen molar-refractivity contribution in [2.45, 2.75) is 26.3 Å². The third kappa shape index (κ3) is 4.40. The van der Waals surface area contributed by atoms with Crippen LogP contribution < -0.4 is 10.1 Å². The van der Waals surface area contributed by atoms with Crippen molar-refractivity contribution in [1.82, 2.24) is 0 Å². The number of nitro groups is 1. The van der Waals surface area contributed by atoms with Crippen LogP contribution in [0.1, 0.15) is 20.8 Å². The molecule has 1 N–H and O–H groups in total. The van der Waals surface area contributed by atoms with Gasteiger partial charge in [-0.2, -0.15) is 0 Å². The summed E-state index contributed by atoms with van der Waals surface area (Å²) in [5.41, 5.74) is 0.460. The predicted molar refractivity (Wildman–Crippen MR) is 73.8 cm³/mol. The van der Waals surface area contributed by atoms with Crippen molar-refractivity contribution >= 4 is 11.4 Å². The van der Waals surface area contributed by atoms with E-state index in [4.69, 9.17) is 9.47 Å². The molecule has 0 atom stereocenters. The summed E-state index contributed by atoms with van der Waals surface area (Å²) >= 11 is 0. The van der Waals surface area contributed by atoms with Crippen molar-refractivity contribution in [2.75, 3.05) is 25.6 Å². The summed E-state index contributed by atoms with van der Waals surface area (Å²) in [7, 11) is 1.63. The molecule has 0 saturated heterocycles. The topological polar surface area (TPSA) is 73.6 Å². The Bertz CT molecular complexity index is 446. The zero-order valence-electron chi connectivity index (χ0n) is 11.7. The largest absolute Gasteiger partial charge is 0.487 e. The molecule has 1 aromatic rings. The molecule has 6 heteroatoms. The van der Waals surface area contributed by atoms with Gasteiger partial charge in [0.15, 0.2) is 5.75 Å². The lowest BCUT2D eigenvalue weighted by atomic mass is 10.1. The van der Waals surface area contributed by atoms with Gasteiger partial charge in [0.25, 0.3) is 0 Å². The summed E-state index contributed by atoms with van der Waals surface area (Å²) < 4.78 is 10.4. The van der Waals surface area contributed by atoms with Gasteiger partial charge in [0.05, 0.1) is 23.7 Å². The van der Waals surface area contributed by atoms with E-state index >= 15 is 0 Å². The van der Waals surface area contributed by atoms with Crippen molar-refractivity contribution in [2.24, 2.45) is 0 Å². The lowest BCUT2D eigenvalue weighted by Crippen LogP contribution is -2.35. The minimum atomic E-state index is -0.449. The molecule has 0 aromatic heterocycles. The Balaban J connectivity index is 2.98. The number of benzene rings is 1. The average molecular weight is 268 g/mol. The number of methoxy groups -OCH3 is 1. The monoisotopic (exact) mass is 268 g/mol. The lowest BCUT2D eigenvalue weighted by Gasteiger charge is -2.26. The Labute approximate surface area is 112 Å². The van der Waals surface area contributed by atoms with Crippen LogP contribution in [-0.2, 0) is 4.74 Å². The van der Waals surface area contributed by atoms with Gasteiger partial charge in [0.2, 0.25) is 0 Å². The van der Waals surface area contributed by atoms with Gasteiger partial charge in [-0.25, -0.2) is 0 Å². The summed E-state index contributed by atoms with van der Waals surface area (Å²) in [6.07, 6.45) is 0. The van der Waals surface area contributed by atoms with E-state index in [-0.39, 0.29) is 17.0 Å². The first-order valence-electron chi connectivity index (χ1n) is 6.08. The normalized spacial score (nSPS) is 11.2. The zero-order chi connectivity index (χ0) is 14.5. The molecule has 1 aromatic carbocycles. The standard InChI is InChI=1S/C13H20N2O4/c1-5-19-12-8-10(6-7-11(12)15(16)17)14-13(2,3)9-18-4/h6-8,14H,5,9H2,1-4H3. The highest BCUT2D eigenvalue weighted by Gasteiger charge is 2.20. The van der Waals surface area contributed by atoms with E-state index in [1.54, 1.807) is 26.2 Å². The van der Waals surface area contributed by atoms with Crippen LogP contribution in [0.3, 0.4) is 0 Å². The first-order chi connectivity index (χ1) is 8.89. The van der Waals surface area contributed by atoms with E-state index in [0.717, 1.165) is 5.69 Å². The van der Waals surface area contributed by atoms with Crippen LogP contribution >= 0.6 is 0 Å². The number of rotatable bonds is 7. The minimum Gasteiger partial charge on any atom is -0.487 e. The third-order valence-electron chi connectivity index (χ3n) is 2.44. The Morgan fingerprint density at radius 3 is 2.63 bits per heavy atom. The Hall–Kier alpha value is -1.82. The van der Waals surface area contributed by atoms with Crippen LogP contribution in [-0.4, -0.2) is 30.8 Å². The number of nitrogens with one attached hydrogen (secondary N) is 1. The van der Waals surface area contributed by atoms with Crippen molar-refractivity contribution < 1.29 is 14.4 Å². The Morgan fingerprint density at radius 1 is 1.42 bits per heavy atom.